The molecule has 794 valence electrons. The third-order valence-corrected chi connectivity index (χ3v) is 22.9. The van der Waals surface area contributed by atoms with E-state index in [4.69, 9.17) is 25.6 Å². The molecular formula is C95H126FeN30O19S2-4. The number of aromatic hydroxyl groups is 2. The summed E-state index contributed by atoms with van der Waals surface area (Å²) < 4.78 is 46.8. The predicted molar refractivity (Wildman–Crippen MR) is 540 cm³/mol. The summed E-state index contributed by atoms with van der Waals surface area (Å²) in [5.41, 5.74) is 5.59. The molecule has 52 heteroatoms. The number of aliphatic hydroxyl groups is 3. The van der Waals surface area contributed by atoms with Crippen molar-refractivity contribution in [3.8, 4) is 34.5 Å². The van der Waals surface area contributed by atoms with E-state index in [0.717, 1.165) is 179 Å². The molecular weight excluding hydrogens is 1990 g/mol. The van der Waals surface area contributed by atoms with E-state index in [-0.39, 0.29) is 56.7 Å². The number of primary sulfonamides is 2. The zero-order valence-corrected chi connectivity index (χ0v) is 86.9. The normalized spacial score (nSPS) is 12.2. The van der Waals surface area contributed by atoms with Crippen LogP contribution in [0.5, 0.6) is 34.5 Å². The molecule has 0 saturated carbocycles. The van der Waals surface area contributed by atoms with Gasteiger partial charge < -0.3 is 127 Å². The van der Waals surface area contributed by atoms with Crippen molar-refractivity contribution in [2.24, 2.45) is 71.6 Å². The Hall–Kier alpha value is -14.6. The van der Waals surface area contributed by atoms with Crippen molar-refractivity contribution in [1.82, 2.24) is 49.5 Å². The first-order valence-corrected chi connectivity index (χ1v) is 49.7. The van der Waals surface area contributed by atoms with Crippen molar-refractivity contribution in [2.45, 2.75) is 158 Å². The summed E-state index contributed by atoms with van der Waals surface area (Å²) >= 11 is 0. The molecule has 0 fully saturated rings. The molecule has 15 N–H and O–H groups in total. The van der Waals surface area contributed by atoms with Gasteiger partial charge in [-0.1, -0.05) is 96.9 Å². The number of carbonyl (C=O) groups is 3. The number of phenolic OH excluding ortho intramolecular Hbond substituents is 2. The van der Waals surface area contributed by atoms with E-state index in [0.29, 0.717) is 124 Å². The Bertz CT molecular complexity index is 6190. The molecule has 0 amide bonds. The second-order valence-electron chi connectivity index (χ2n) is 32.2. The molecule has 49 nitrogen and oxygen atoms in total. The summed E-state index contributed by atoms with van der Waals surface area (Å²) in [5.74, 6) is -5.41. The first kappa shape index (κ1) is 123. The molecule has 147 heavy (non-hydrogen) atoms. The van der Waals surface area contributed by atoms with Crippen LogP contribution in [0.3, 0.4) is 0 Å². The molecule has 0 spiro atoms. The Kier molecular flexibility index (Phi) is 52.1. The summed E-state index contributed by atoms with van der Waals surface area (Å²) in [4.78, 5) is 64.7. The third-order valence-electron chi connectivity index (χ3n) is 21.1. The summed E-state index contributed by atoms with van der Waals surface area (Å²) in [6, 6.07) is 32.1. The quantitative estimate of drug-likeness (QED) is 0.00957. The monoisotopic (exact) mass is 2110 g/mol. The van der Waals surface area contributed by atoms with Crippen molar-refractivity contribution in [3.05, 3.63) is 156 Å². The van der Waals surface area contributed by atoms with Gasteiger partial charge in [0, 0.05) is 37.6 Å². The second kappa shape index (κ2) is 62.3. The van der Waals surface area contributed by atoms with E-state index in [1.54, 1.807) is 31.2 Å². The van der Waals surface area contributed by atoms with Gasteiger partial charge in [-0.05, 0) is 290 Å². The summed E-state index contributed by atoms with van der Waals surface area (Å²) in [5, 5.41) is 203. The van der Waals surface area contributed by atoms with Crippen LogP contribution in [0.2, 0.25) is 0 Å². The molecule has 0 aliphatic rings. The van der Waals surface area contributed by atoms with Crippen LogP contribution in [-0.2, 0) is 51.5 Å². The molecule has 0 radical (unpaired) electrons. The first-order chi connectivity index (χ1) is 69.3. The number of aromatic nitrogens is 6. The number of nitrogens with two attached hydrogens (primary N) is 2. The van der Waals surface area contributed by atoms with E-state index in [9.17, 15) is 77.2 Å². The van der Waals surface area contributed by atoms with Gasteiger partial charge in [0.05, 0.1) is 103 Å². The number of benzene rings is 8. The second-order valence-corrected chi connectivity index (χ2v) is 35.3. The molecule has 0 aliphatic carbocycles. The van der Waals surface area contributed by atoms with Gasteiger partial charge in [-0.15, -0.1) is 10.2 Å². The molecule has 0 saturated heterocycles. The van der Waals surface area contributed by atoms with E-state index in [2.05, 4.69) is 198 Å². The van der Waals surface area contributed by atoms with Crippen molar-refractivity contribution in [3.63, 3.8) is 0 Å². The third kappa shape index (κ3) is 43.0. The number of carbonyl (C=O) groups excluding carboxylic acids is 3. The van der Waals surface area contributed by atoms with Crippen molar-refractivity contribution in [1.29, 1.82) is 0 Å². The van der Waals surface area contributed by atoms with Gasteiger partial charge in [-0.2, -0.15) is 81.0 Å². The van der Waals surface area contributed by atoms with Gasteiger partial charge in [0.2, 0.25) is 55.7 Å². The molecule has 10 aromatic rings. The summed E-state index contributed by atoms with van der Waals surface area (Å²) in [6.45, 7) is 42.7. The number of aryl methyl sites for hydroxylation is 4. The van der Waals surface area contributed by atoms with Gasteiger partial charge in [0.15, 0.2) is 0 Å². The number of azo groups is 6. The summed E-state index contributed by atoms with van der Waals surface area (Å²) in [7, 11) is -8.23. The Morgan fingerprint density at radius 3 is 0.939 bits per heavy atom. The Morgan fingerprint density at radius 2 is 0.633 bits per heavy atom. The number of nitrogens with zero attached hydrogens (tertiary/aromatic N) is 22. The zero-order chi connectivity index (χ0) is 108. The fourth-order valence-corrected chi connectivity index (χ4v) is 13.6. The molecule has 0 aliphatic heterocycles. The first-order valence-electron chi connectivity index (χ1n) is 46.6. The predicted octanol–water partition coefficient (Wildman–Crippen LogP) is 11.0. The zero-order valence-electron chi connectivity index (χ0n) is 85.2. The number of aliphatic hydroxyl groups excluding tert-OH is 3. The number of sulfonamides is 2. The smallest absolute Gasteiger partial charge is 0.871 e. The van der Waals surface area contributed by atoms with Gasteiger partial charge in [-0.25, -0.2) is 27.1 Å². The molecule has 3 atom stereocenters. The van der Waals surface area contributed by atoms with E-state index >= 15 is 0 Å². The fraction of sp³-hybridized carbons (Fsp3) is 0.400. The van der Waals surface area contributed by atoms with Crippen LogP contribution < -0.4 is 77.9 Å². The van der Waals surface area contributed by atoms with Crippen molar-refractivity contribution in [2.75, 3.05) is 137 Å². The number of anilines is 8. The average Bonchev–Trinajstić information content (AvgIpc) is 0.813. The van der Waals surface area contributed by atoms with Crippen LogP contribution in [0.25, 0.3) is 0 Å². The number of aliphatic carboxylic acids is 3. The number of rotatable bonds is 49. The van der Waals surface area contributed by atoms with Crippen LogP contribution in [0, 0.1) is 27.7 Å². The standard InChI is InChI=1S/2C43H57N15O5S.3C3H6O3.Fe/c1-7-57(8-2)22-12-20-45-41-48-42(46-21-13-23-58(9-3)10-4)50-43(49-41)47-30-14-11-15-31(26-30)51-53-34-24-29(6)35(25-28(34)5)54-56-39-38(60)19-17-33(40(39)61)52-55-36-27-32(64(44,62)63)16-18-37(36)59;1-7-57(8-2)20-12-18-45-41-48-42(46-19-13-21-58(9-3)10-4)50-43(49-41)47-30-14-11-15-31(24-30)51-52-33-22-29(6)34(23-28(33)5)53-55-36-26-37(40(61)27-39(36)60)56-54-35-25-32(64(44,62)63)16-17-38(35)59;3*1-2(4)3(5)6;/h11,14-19,24-27,59-61H,7-10,12-13,20-23H2,1-6H3,(H2,44,62,63)(H3,45,46,47,48,49,50);11,14-17,22-27,59-61H,7-10,12-13,18-21H2,1-6H3,(H2,44,62,63)(H3,45,46,47,48,49,50);3*2,4H,1H3,(H,5,6);/q;;;;;+2/p-6. The maximum atomic E-state index is 13.2. The van der Waals surface area contributed by atoms with Gasteiger partial charge in [-0.3, -0.25) is 0 Å². The van der Waals surface area contributed by atoms with Gasteiger partial charge in [0.1, 0.15) is 22.9 Å². The fourth-order valence-electron chi connectivity index (χ4n) is 12.5. The number of hydrogen-bond acceptors (Lipinski definition) is 47. The van der Waals surface area contributed by atoms with Crippen molar-refractivity contribution < 1.29 is 111 Å². The van der Waals surface area contributed by atoms with Gasteiger partial charge in [0.25, 0.3) is 0 Å². The minimum absolute atomic E-state index is 0. The molecule has 8 aromatic carbocycles. The SMILES string of the molecule is CC(O)C(=O)[O-].CC(O)C(=O)[O-].CC(O)C(=O)[O-].CCN(CC)CCCNc1nc(NCCCN(CC)CC)nc(Nc2cccc(N=Nc3cc(C)c(N=Nc4c(O)ccc(N=Nc5cc(S(N)(=O)=O)ccc5[O-])c4[O-])cc3C)c2)n1.CCN(CC)CCCNc1nc(NCCCN(CC)CC)nc(Nc2cccc(N=Nc3cc(C)c(N=Nc4cc(N=Nc5cc(S(N)(=O)=O)ccc5[O-])c([O-])cc4O)cc3C)c2)n1.[Fe+2].[H+]. The van der Waals surface area contributed by atoms with Crippen LogP contribution in [0.1, 0.15) is 126 Å². The Labute approximate surface area is 865 Å². The molecule has 3 unspecified atom stereocenters. The number of hydrogen-bond donors (Lipinski definition) is 13. The molecule has 2 aromatic heterocycles. The van der Waals surface area contributed by atoms with E-state index in [1.165, 1.54) is 12.1 Å². The maximum absolute atomic E-state index is 13.2. The minimum atomic E-state index is -4.12. The topological polar surface area (TPSA) is 745 Å². The Balaban J connectivity index is 0.000000521. The average molecular weight is 2110 g/mol. The minimum Gasteiger partial charge on any atom is -0.871 e. The van der Waals surface area contributed by atoms with E-state index < -0.39 is 96.5 Å². The molecule has 0 bridgehead atoms. The van der Waals surface area contributed by atoms with Crippen LogP contribution in [0.15, 0.2) is 205 Å². The van der Waals surface area contributed by atoms with Crippen LogP contribution >= 0.6 is 0 Å². The number of phenols is 2. The molecule has 2 heterocycles. The largest absolute Gasteiger partial charge is 2.00 e. The Morgan fingerprint density at radius 1 is 0.354 bits per heavy atom. The number of carboxylic acids is 3. The van der Waals surface area contributed by atoms with Crippen LogP contribution in [-0.4, -0.2) is 233 Å². The van der Waals surface area contributed by atoms with Crippen LogP contribution in [0.4, 0.5) is 115 Å². The number of carboxylic acid groups (broad SMARTS) is 3. The van der Waals surface area contributed by atoms with Gasteiger partial charge >= 0.3 is 18.5 Å². The van der Waals surface area contributed by atoms with E-state index in [1.807, 2.05) is 69.3 Å². The number of nitrogens with one attached hydrogen (secondary N) is 6. The maximum Gasteiger partial charge on any atom is 2.00 e. The summed E-state index contributed by atoms with van der Waals surface area (Å²) in [6.07, 6.45) is -0.258. The molecule has 10 rings (SSSR count). The van der Waals surface area contributed by atoms with Crippen molar-refractivity contribution >= 4 is 153 Å².